The van der Waals surface area contributed by atoms with Gasteiger partial charge in [0.15, 0.2) is 0 Å². The smallest absolute Gasteiger partial charge is 0.0946 e. The van der Waals surface area contributed by atoms with E-state index in [1.54, 1.807) is 0 Å². The normalized spacial score (nSPS) is 22.4. The number of aliphatic hydroxyl groups excluding tert-OH is 1. The third kappa shape index (κ3) is 3.32. The molecule has 0 aliphatic carbocycles. The minimum absolute atomic E-state index is 0.333. The van der Waals surface area contributed by atoms with Gasteiger partial charge in [0.05, 0.1) is 6.33 Å². The van der Waals surface area contributed by atoms with Crippen LogP contribution in [0.15, 0.2) is 18.7 Å². The second-order valence-corrected chi connectivity index (χ2v) is 4.62. The van der Waals surface area contributed by atoms with Crippen LogP contribution < -0.4 is 0 Å². The van der Waals surface area contributed by atoms with Gasteiger partial charge in [-0.1, -0.05) is 0 Å². The van der Waals surface area contributed by atoms with E-state index in [2.05, 4.69) is 14.5 Å². The van der Waals surface area contributed by atoms with E-state index in [0.717, 1.165) is 26.1 Å². The standard InChI is InChI=1S/C12H21N3O/c16-9-3-12-2-1-5-14(10-12)7-8-15-6-4-13-11-15/h4,6,11-12,16H,1-3,5,7-10H2. The Hall–Kier alpha value is -0.870. The topological polar surface area (TPSA) is 41.3 Å². The van der Waals surface area contributed by atoms with Gasteiger partial charge in [0, 0.05) is 38.6 Å². The number of hydrogen-bond donors (Lipinski definition) is 1. The SMILES string of the molecule is OCCC1CCCN(CCn2ccnc2)C1. The molecular formula is C12H21N3O. The lowest BCUT2D eigenvalue weighted by Crippen LogP contribution is -2.37. The number of hydrogen-bond acceptors (Lipinski definition) is 3. The molecule has 2 heterocycles. The molecule has 1 aromatic rings. The van der Waals surface area contributed by atoms with Gasteiger partial charge in [-0.25, -0.2) is 4.98 Å². The molecule has 0 aromatic carbocycles. The second kappa shape index (κ2) is 6.01. The van der Waals surface area contributed by atoms with Gasteiger partial charge in [0.1, 0.15) is 0 Å². The predicted molar refractivity (Wildman–Crippen MR) is 63.1 cm³/mol. The van der Waals surface area contributed by atoms with E-state index in [4.69, 9.17) is 5.11 Å². The van der Waals surface area contributed by atoms with Gasteiger partial charge < -0.3 is 14.6 Å². The number of aromatic nitrogens is 2. The first-order valence-electron chi connectivity index (χ1n) is 6.17. The first-order chi connectivity index (χ1) is 7.88. The fourth-order valence-corrected chi connectivity index (χ4v) is 2.45. The van der Waals surface area contributed by atoms with Crippen LogP contribution in [0, 0.1) is 5.92 Å². The van der Waals surface area contributed by atoms with Crippen LogP contribution in [0.2, 0.25) is 0 Å². The molecule has 0 saturated carbocycles. The number of rotatable bonds is 5. The van der Waals surface area contributed by atoms with Crippen molar-refractivity contribution in [3.05, 3.63) is 18.7 Å². The molecule has 4 heteroatoms. The maximum absolute atomic E-state index is 8.95. The maximum Gasteiger partial charge on any atom is 0.0946 e. The first-order valence-corrected chi connectivity index (χ1v) is 6.17. The maximum atomic E-state index is 8.95. The highest BCUT2D eigenvalue weighted by molar-refractivity contribution is 4.77. The quantitative estimate of drug-likeness (QED) is 0.809. The molecule has 1 aromatic heterocycles. The van der Waals surface area contributed by atoms with Crippen molar-refractivity contribution < 1.29 is 5.11 Å². The predicted octanol–water partition coefficient (Wildman–Crippen LogP) is 0.977. The number of likely N-dealkylation sites (tertiary alicyclic amines) is 1. The van der Waals surface area contributed by atoms with Gasteiger partial charge in [-0.05, 0) is 31.7 Å². The van der Waals surface area contributed by atoms with E-state index >= 15 is 0 Å². The fourth-order valence-electron chi connectivity index (χ4n) is 2.45. The zero-order valence-corrected chi connectivity index (χ0v) is 9.76. The van der Waals surface area contributed by atoms with Crippen molar-refractivity contribution in [3.63, 3.8) is 0 Å². The monoisotopic (exact) mass is 223 g/mol. The molecule has 0 radical (unpaired) electrons. The van der Waals surface area contributed by atoms with Gasteiger partial charge >= 0.3 is 0 Å². The molecule has 1 fully saturated rings. The lowest BCUT2D eigenvalue weighted by Gasteiger charge is -2.32. The Kier molecular flexibility index (Phi) is 4.36. The van der Waals surface area contributed by atoms with Crippen LogP contribution in [0.25, 0.3) is 0 Å². The summed E-state index contributed by atoms with van der Waals surface area (Å²) in [6.45, 7) is 4.80. The molecule has 1 aliphatic heterocycles. The van der Waals surface area contributed by atoms with Crippen LogP contribution in [-0.4, -0.2) is 45.8 Å². The molecule has 0 bridgehead atoms. The molecule has 90 valence electrons. The lowest BCUT2D eigenvalue weighted by molar-refractivity contribution is 0.144. The Labute approximate surface area is 96.9 Å². The summed E-state index contributed by atoms with van der Waals surface area (Å²) in [5.74, 6) is 0.696. The second-order valence-electron chi connectivity index (χ2n) is 4.62. The van der Waals surface area contributed by atoms with E-state index in [1.165, 1.54) is 19.4 Å². The highest BCUT2D eigenvalue weighted by atomic mass is 16.3. The first kappa shape index (κ1) is 11.6. The fraction of sp³-hybridized carbons (Fsp3) is 0.750. The van der Waals surface area contributed by atoms with Crippen molar-refractivity contribution in [3.8, 4) is 0 Å². The van der Waals surface area contributed by atoms with Gasteiger partial charge in [0.25, 0.3) is 0 Å². The van der Waals surface area contributed by atoms with Crippen LogP contribution in [0.5, 0.6) is 0 Å². The molecule has 1 saturated heterocycles. The van der Waals surface area contributed by atoms with Crippen molar-refractivity contribution in [2.24, 2.45) is 5.92 Å². The van der Waals surface area contributed by atoms with E-state index in [0.29, 0.717) is 12.5 Å². The van der Waals surface area contributed by atoms with Crippen LogP contribution >= 0.6 is 0 Å². The molecule has 0 amide bonds. The van der Waals surface area contributed by atoms with E-state index in [-0.39, 0.29) is 0 Å². The van der Waals surface area contributed by atoms with Gasteiger partial charge in [-0.15, -0.1) is 0 Å². The van der Waals surface area contributed by atoms with Gasteiger partial charge in [0.2, 0.25) is 0 Å². The molecule has 1 unspecified atom stereocenters. The van der Waals surface area contributed by atoms with Crippen molar-refractivity contribution in [2.75, 3.05) is 26.2 Å². The van der Waals surface area contributed by atoms with E-state index < -0.39 is 0 Å². The van der Waals surface area contributed by atoms with Crippen molar-refractivity contribution in [1.29, 1.82) is 0 Å². The largest absolute Gasteiger partial charge is 0.396 e. The minimum atomic E-state index is 0.333. The number of nitrogens with zero attached hydrogens (tertiary/aromatic N) is 3. The van der Waals surface area contributed by atoms with Gasteiger partial charge in [-0.3, -0.25) is 0 Å². The Morgan fingerprint density at radius 3 is 3.06 bits per heavy atom. The molecule has 0 spiro atoms. The summed E-state index contributed by atoms with van der Waals surface area (Å²) in [5.41, 5.74) is 0. The van der Waals surface area contributed by atoms with Crippen molar-refractivity contribution >= 4 is 0 Å². The molecular weight excluding hydrogens is 202 g/mol. The number of aliphatic hydroxyl groups is 1. The molecule has 16 heavy (non-hydrogen) atoms. The molecule has 2 rings (SSSR count). The van der Waals surface area contributed by atoms with Crippen molar-refractivity contribution in [1.82, 2.24) is 14.5 Å². The zero-order chi connectivity index (χ0) is 11.2. The highest BCUT2D eigenvalue weighted by Crippen LogP contribution is 2.18. The number of piperidine rings is 1. The third-order valence-corrected chi connectivity index (χ3v) is 3.37. The zero-order valence-electron chi connectivity index (χ0n) is 9.76. The van der Waals surface area contributed by atoms with Crippen LogP contribution in [0.3, 0.4) is 0 Å². The van der Waals surface area contributed by atoms with Crippen LogP contribution in [0.4, 0.5) is 0 Å². The summed E-state index contributed by atoms with van der Waals surface area (Å²) in [4.78, 5) is 6.55. The molecule has 1 atom stereocenters. The highest BCUT2D eigenvalue weighted by Gasteiger charge is 2.18. The summed E-state index contributed by atoms with van der Waals surface area (Å²) in [5, 5.41) is 8.95. The van der Waals surface area contributed by atoms with Crippen LogP contribution in [0.1, 0.15) is 19.3 Å². The summed E-state index contributed by atoms with van der Waals surface area (Å²) >= 11 is 0. The Morgan fingerprint density at radius 2 is 2.31 bits per heavy atom. The third-order valence-electron chi connectivity index (χ3n) is 3.37. The average molecular weight is 223 g/mol. The van der Waals surface area contributed by atoms with E-state index in [1.807, 2.05) is 18.7 Å². The summed E-state index contributed by atoms with van der Waals surface area (Å²) < 4.78 is 2.12. The molecule has 1 N–H and O–H groups in total. The van der Waals surface area contributed by atoms with Crippen LogP contribution in [-0.2, 0) is 6.54 Å². The Bertz CT molecular complexity index is 284. The Balaban J connectivity index is 1.72. The summed E-state index contributed by atoms with van der Waals surface area (Å²) in [7, 11) is 0. The lowest BCUT2D eigenvalue weighted by atomic mass is 9.95. The molecule has 1 aliphatic rings. The van der Waals surface area contributed by atoms with E-state index in [9.17, 15) is 0 Å². The van der Waals surface area contributed by atoms with Crippen molar-refractivity contribution in [2.45, 2.75) is 25.8 Å². The minimum Gasteiger partial charge on any atom is -0.396 e. The Morgan fingerprint density at radius 1 is 1.38 bits per heavy atom. The summed E-state index contributed by atoms with van der Waals surface area (Å²) in [6, 6.07) is 0. The number of imidazole rings is 1. The summed E-state index contributed by atoms with van der Waals surface area (Å²) in [6.07, 6.45) is 9.22. The average Bonchev–Trinajstić information content (AvgIpc) is 2.80. The molecule has 4 nitrogen and oxygen atoms in total. The van der Waals surface area contributed by atoms with Gasteiger partial charge in [-0.2, -0.15) is 0 Å².